The van der Waals surface area contributed by atoms with E-state index in [0.29, 0.717) is 10.8 Å². The summed E-state index contributed by atoms with van der Waals surface area (Å²) in [6, 6.07) is 0. The summed E-state index contributed by atoms with van der Waals surface area (Å²) in [5.74, 6) is 0.765. The van der Waals surface area contributed by atoms with E-state index in [9.17, 15) is 5.11 Å². The topological polar surface area (TPSA) is 20.2 Å². The Hall–Kier alpha value is -0.560. The molecule has 0 spiro atoms. The van der Waals surface area contributed by atoms with E-state index in [2.05, 4.69) is 26.8 Å². The molecule has 1 heteroatoms. The molecule has 0 aliphatic heterocycles. The molecule has 16 heavy (non-hydrogen) atoms. The Morgan fingerprint density at radius 1 is 1.38 bits per heavy atom. The van der Waals surface area contributed by atoms with Crippen LogP contribution in [0.3, 0.4) is 0 Å². The van der Waals surface area contributed by atoms with E-state index in [-0.39, 0.29) is 6.61 Å². The number of fused-ring (bicyclic) bond motifs is 3. The molecule has 0 bridgehead atoms. The molecule has 0 heterocycles. The summed E-state index contributed by atoms with van der Waals surface area (Å²) in [4.78, 5) is 0. The Labute approximate surface area is 98.2 Å². The van der Waals surface area contributed by atoms with Gasteiger partial charge in [0.25, 0.3) is 0 Å². The fourth-order valence-corrected chi connectivity index (χ4v) is 4.24. The van der Waals surface area contributed by atoms with E-state index in [4.69, 9.17) is 0 Å². The van der Waals surface area contributed by atoms with E-state index < -0.39 is 0 Å². The second-order valence-corrected chi connectivity index (χ2v) is 6.80. The number of hydrogen-bond acceptors (Lipinski definition) is 1. The lowest BCUT2D eigenvalue weighted by Crippen LogP contribution is -2.41. The van der Waals surface area contributed by atoms with Crippen LogP contribution in [0.1, 0.15) is 46.5 Å². The molecule has 2 atom stereocenters. The molecule has 0 aromatic heterocycles. The maximum atomic E-state index is 9.49. The molecule has 0 amide bonds. The number of aliphatic hydroxyl groups is 1. The molecule has 1 saturated carbocycles. The highest BCUT2D eigenvalue weighted by atomic mass is 16.3. The zero-order valence-electron chi connectivity index (χ0n) is 10.6. The van der Waals surface area contributed by atoms with Crippen molar-refractivity contribution in [2.45, 2.75) is 46.5 Å². The van der Waals surface area contributed by atoms with Crippen molar-refractivity contribution in [3.8, 4) is 0 Å². The fourth-order valence-electron chi connectivity index (χ4n) is 4.24. The molecule has 3 aliphatic carbocycles. The van der Waals surface area contributed by atoms with Gasteiger partial charge in [-0.2, -0.15) is 0 Å². The number of hydrogen-bond donors (Lipinski definition) is 1. The van der Waals surface area contributed by atoms with Gasteiger partial charge in [0.05, 0.1) is 6.61 Å². The van der Waals surface area contributed by atoms with Crippen LogP contribution in [0.2, 0.25) is 0 Å². The van der Waals surface area contributed by atoms with Gasteiger partial charge in [0, 0.05) is 0 Å². The van der Waals surface area contributed by atoms with Crippen LogP contribution in [-0.2, 0) is 0 Å². The lowest BCUT2D eigenvalue weighted by atomic mass is 9.52. The van der Waals surface area contributed by atoms with Crippen LogP contribution in [0.4, 0.5) is 0 Å². The molecule has 0 aromatic rings. The van der Waals surface area contributed by atoms with Crippen molar-refractivity contribution in [1.82, 2.24) is 0 Å². The molecular formula is C15H22O. The Morgan fingerprint density at radius 3 is 2.69 bits per heavy atom. The molecule has 0 aromatic carbocycles. The molecule has 0 saturated heterocycles. The van der Waals surface area contributed by atoms with Gasteiger partial charge in [-0.3, -0.25) is 0 Å². The Bertz CT molecular complexity index is 400. The molecule has 1 nitrogen and oxygen atoms in total. The summed E-state index contributed by atoms with van der Waals surface area (Å²) >= 11 is 0. The molecular weight excluding hydrogens is 196 g/mol. The summed E-state index contributed by atoms with van der Waals surface area (Å²) < 4.78 is 0. The van der Waals surface area contributed by atoms with Crippen molar-refractivity contribution in [2.24, 2.45) is 16.7 Å². The van der Waals surface area contributed by atoms with Gasteiger partial charge in [-0.05, 0) is 48.0 Å². The standard InChI is InChI=1S/C15H22O/c1-14(2)7-10-6-11(9-16)12-4-5-15(12,3)13(10)8-14/h7,13,16H,4-6,8-9H2,1-3H3/t13-,15-/m1/s1. The first kappa shape index (κ1) is 10.6. The number of rotatable bonds is 1. The maximum absolute atomic E-state index is 9.49. The van der Waals surface area contributed by atoms with Gasteiger partial charge >= 0.3 is 0 Å². The minimum absolute atomic E-state index is 0.273. The van der Waals surface area contributed by atoms with Crippen LogP contribution in [0.5, 0.6) is 0 Å². The van der Waals surface area contributed by atoms with E-state index in [1.54, 1.807) is 11.1 Å². The molecule has 3 rings (SSSR count). The second-order valence-electron chi connectivity index (χ2n) is 6.80. The highest BCUT2D eigenvalue weighted by Gasteiger charge is 2.52. The normalized spacial score (nSPS) is 40.0. The average molecular weight is 218 g/mol. The minimum Gasteiger partial charge on any atom is -0.392 e. The van der Waals surface area contributed by atoms with Gasteiger partial charge in [-0.1, -0.05) is 38.0 Å². The number of aliphatic hydroxyl groups excluding tert-OH is 1. The first-order valence-corrected chi connectivity index (χ1v) is 6.50. The van der Waals surface area contributed by atoms with Crippen molar-refractivity contribution in [1.29, 1.82) is 0 Å². The molecule has 0 radical (unpaired) electrons. The smallest absolute Gasteiger partial charge is 0.0647 e. The van der Waals surface area contributed by atoms with E-state index in [1.807, 2.05) is 0 Å². The van der Waals surface area contributed by atoms with Crippen molar-refractivity contribution in [2.75, 3.05) is 6.61 Å². The third-order valence-electron chi connectivity index (χ3n) is 5.14. The largest absolute Gasteiger partial charge is 0.392 e. The molecule has 1 fully saturated rings. The van der Waals surface area contributed by atoms with Crippen LogP contribution in [0, 0.1) is 16.7 Å². The van der Waals surface area contributed by atoms with E-state index >= 15 is 0 Å². The third kappa shape index (κ3) is 1.21. The van der Waals surface area contributed by atoms with Crippen LogP contribution in [0.25, 0.3) is 0 Å². The second kappa shape index (κ2) is 3.01. The summed E-state index contributed by atoms with van der Waals surface area (Å²) in [7, 11) is 0. The lowest BCUT2D eigenvalue weighted by Gasteiger charge is -2.52. The molecule has 3 aliphatic rings. The molecule has 1 N–H and O–H groups in total. The van der Waals surface area contributed by atoms with Crippen molar-refractivity contribution in [3.63, 3.8) is 0 Å². The van der Waals surface area contributed by atoms with Gasteiger partial charge in [-0.25, -0.2) is 0 Å². The lowest BCUT2D eigenvalue weighted by molar-refractivity contribution is 0.142. The van der Waals surface area contributed by atoms with Crippen LogP contribution in [-0.4, -0.2) is 11.7 Å². The highest BCUT2D eigenvalue weighted by Crippen LogP contribution is 2.63. The van der Waals surface area contributed by atoms with Crippen LogP contribution >= 0.6 is 0 Å². The van der Waals surface area contributed by atoms with Gasteiger partial charge < -0.3 is 5.11 Å². The SMILES string of the molecule is CC1(C)C=C2CC(CO)=C3CC[C@@]3(C)[C@@H]2C1. The minimum atomic E-state index is 0.273. The summed E-state index contributed by atoms with van der Waals surface area (Å²) in [5, 5.41) is 9.49. The average Bonchev–Trinajstić information content (AvgIpc) is 2.49. The van der Waals surface area contributed by atoms with Gasteiger partial charge in [0.2, 0.25) is 0 Å². The summed E-state index contributed by atoms with van der Waals surface area (Å²) in [5.41, 5.74) is 5.30. The first-order valence-electron chi connectivity index (χ1n) is 6.50. The predicted molar refractivity (Wildman–Crippen MR) is 66.0 cm³/mol. The monoisotopic (exact) mass is 218 g/mol. The molecule has 0 unspecified atom stereocenters. The van der Waals surface area contributed by atoms with Crippen molar-refractivity contribution >= 4 is 0 Å². The maximum Gasteiger partial charge on any atom is 0.0647 e. The Balaban J connectivity index is 2.04. The van der Waals surface area contributed by atoms with Crippen LogP contribution < -0.4 is 0 Å². The van der Waals surface area contributed by atoms with Gasteiger partial charge in [0.15, 0.2) is 0 Å². The zero-order valence-corrected chi connectivity index (χ0v) is 10.6. The first-order chi connectivity index (χ1) is 7.46. The van der Waals surface area contributed by atoms with Gasteiger partial charge in [-0.15, -0.1) is 0 Å². The predicted octanol–water partition coefficient (Wildman–Crippen LogP) is 3.45. The quantitative estimate of drug-likeness (QED) is 0.668. The number of allylic oxidation sites excluding steroid dienone is 3. The highest BCUT2D eigenvalue weighted by molar-refractivity contribution is 5.43. The Kier molecular flexibility index (Phi) is 1.99. The summed E-state index contributed by atoms with van der Waals surface area (Å²) in [6.07, 6.45) is 7.39. The summed E-state index contributed by atoms with van der Waals surface area (Å²) in [6.45, 7) is 7.38. The van der Waals surface area contributed by atoms with Crippen LogP contribution in [0.15, 0.2) is 22.8 Å². The van der Waals surface area contributed by atoms with E-state index in [0.717, 1.165) is 12.3 Å². The third-order valence-corrected chi connectivity index (χ3v) is 5.14. The molecule has 88 valence electrons. The van der Waals surface area contributed by atoms with Crippen molar-refractivity contribution in [3.05, 3.63) is 22.8 Å². The Morgan fingerprint density at radius 2 is 2.12 bits per heavy atom. The van der Waals surface area contributed by atoms with Crippen molar-refractivity contribution < 1.29 is 5.11 Å². The van der Waals surface area contributed by atoms with E-state index in [1.165, 1.54) is 24.8 Å². The van der Waals surface area contributed by atoms with Gasteiger partial charge in [0.1, 0.15) is 0 Å². The zero-order chi connectivity index (χ0) is 11.6. The fraction of sp³-hybridized carbons (Fsp3) is 0.733.